The third kappa shape index (κ3) is 5.54. The van der Waals surface area contributed by atoms with Gasteiger partial charge in [-0.1, -0.05) is 67.0 Å². The maximum Gasteiger partial charge on any atom is 0.439 e. The molecule has 0 atom stereocenters. The van der Waals surface area contributed by atoms with Crippen molar-refractivity contribution in [3.05, 3.63) is 106 Å². The maximum absolute atomic E-state index is 14.0. The van der Waals surface area contributed by atoms with Crippen LogP contribution in [0, 0.1) is 5.82 Å². The molecule has 2 aromatic heterocycles. The van der Waals surface area contributed by atoms with E-state index in [-0.39, 0.29) is 11.7 Å². The first-order valence-electron chi connectivity index (χ1n) is 14.4. The molecule has 0 saturated carbocycles. The fraction of sp³-hybridized carbons (Fsp3) is 0.273. The molecule has 6 rings (SSSR count). The van der Waals surface area contributed by atoms with E-state index in [0.29, 0.717) is 23.8 Å². The van der Waals surface area contributed by atoms with Gasteiger partial charge in [0.05, 0.1) is 0 Å². The van der Waals surface area contributed by atoms with E-state index in [1.807, 2.05) is 53.4 Å². The number of aromatic nitrogens is 4. The molecule has 0 aliphatic carbocycles. The number of hydrogen-bond acceptors (Lipinski definition) is 5. The molecule has 1 saturated heterocycles. The van der Waals surface area contributed by atoms with Crippen molar-refractivity contribution < 1.29 is 13.7 Å². The van der Waals surface area contributed by atoms with Crippen LogP contribution in [0.2, 0.25) is 0 Å². The van der Waals surface area contributed by atoms with Crippen molar-refractivity contribution >= 4 is 5.91 Å². The summed E-state index contributed by atoms with van der Waals surface area (Å²) >= 11 is 0. The van der Waals surface area contributed by atoms with Gasteiger partial charge in [0.25, 0.3) is 5.91 Å². The number of nitrogens with zero attached hydrogens (tertiary/aromatic N) is 4. The highest BCUT2D eigenvalue weighted by atomic mass is 19.1. The van der Waals surface area contributed by atoms with E-state index in [1.165, 1.54) is 12.1 Å². The van der Waals surface area contributed by atoms with Gasteiger partial charge in [0.1, 0.15) is 23.0 Å². The lowest BCUT2D eigenvalue weighted by Crippen LogP contribution is -2.30. The van der Waals surface area contributed by atoms with Crippen molar-refractivity contribution in [2.75, 3.05) is 13.1 Å². The molecule has 1 aliphatic heterocycles. The van der Waals surface area contributed by atoms with Crippen LogP contribution in [-0.4, -0.2) is 43.6 Å². The van der Waals surface area contributed by atoms with Gasteiger partial charge in [0.15, 0.2) is 5.82 Å². The summed E-state index contributed by atoms with van der Waals surface area (Å²) in [5, 5.41) is 3.86. The number of nitrogens with one attached hydrogen (secondary N) is 1. The molecule has 1 fully saturated rings. The van der Waals surface area contributed by atoms with Gasteiger partial charge in [0, 0.05) is 37.2 Å². The van der Waals surface area contributed by atoms with E-state index < -0.39 is 5.76 Å². The molecule has 0 unspecified atom stereocenters. The largest absolute Gasteiger partial charge is 0.439 e. The highest BCUT2D eigenvalue weighted by Gasteiger charge is 2.29. The topological polar surface area (TPSA) is 97.0 Å². The standard InChI is InChI=1S/C33H32FN5O3/c1-2-3-10-28-35-29(24-15-17-25(34)18-16-24)30(32(40)38-19-6-7-20-38)39(28)21-22-11-13-23(14-12-22)26-8-4-5-9-27(26)31-36-33(41)42-37-31/h4-5,8-9,11-18H,2-3,6-7,10,19-21H2,1H3,(H,36,37,41). The molecule has 0 bridgehead atoms. The lowest BCUT2D eigenvalue weighted by molar-refractivity contribution is 0.0783. The first-order valence-corrected chi connectivity index (χ1v) is 14.4. The number of aromatic amines is 1. The number of carbonyl (C=O) groups is 1. The number of halogens is 1. The van der Waals surface area contributed by atoms with Crippen molar-refractivity contribution in [2.45, 2.75) is 45.6 Å². The second kappa shape index (κ2) is 12.0. The number of benzene rings is 3. The van der Waals surface area contributed by atoms with Gasteiger partial charge in [-0.05, 0) is 60.2 Å². The molecule has 0 radical (unpaired) electrons. The molecule has 214 valence electrons. The summed E-state index contributed by atoms with van der Waals surface area (Å²) in [4.78, 5) is 35.1. The summed E-state index contributed by atoms with van der Waals surface area (Å²) in [5.74, 6) is 0.261. The van der Waals surface area contributed by atoms with Gasteiger partial charge in [-0.3, -0.25) is 14.3 Å². The van der Waals surface area contributed by atoms with Crippen LogP contribution in [0.25, 0.3) is 33.8 Å². The van der Waals surface area contributed by atoms with Crippen LogP contribution < -0.4 is 5.76 Å². The zero-order chi connectivity index (χ0) is 29.1. The van der Waals surface area contributed by atoms with Gasteiger partial charge < -0.3 is 9.47 Å². The molecule has 3 heterocycles. The van der Waals surface area contributed by atoms with Crippen molar-refractivity contribution in [2.24, 2.45) is 0 Å². The van der Waals surface area contributed by atoms with E-state index in [0.717, 1.165) is 78.8 Å². The highest BCUT2D eigenvalue weighted by molar-refractivity contribution is 5.99. The monoisotopic (exact) mass is 565 g/mol. The minimum absolute atomic E-state index is 0.0331. The van der Waals surface area contributed by atoms with Gasteiger partial charge >= 0.3 is 5.76 Å². The number of unbranched alkanes of at least 4 members (excludes halogenated alkanes) is 1. The predicted octanol–water partition coefficient (Wildman–Crippen LogP) is 6.33. The number of hydrogen-bond donors (Lipinski definition) is 1. The molecule has 1 amide bonds. The normalized spacial score (nSPS) is 13.1. The molecular weight excluding hydrogens is 533 g/mol. The fourth-order valence-electron chi connectivity index (χ4n) is 5.55. The lowest BCUT2D eigenvalue weighted by Gasteiger charge is -2.19. The zero-order valence-corrected chi connectivity index (χ0v) is 23.5. The van der Waals surface area contributed by atoms with Gasteiger partial charge in [-0.25, -0.2) is 14.2 Å². The fourth-order valence-corrected chi connectivity index (χ4v) is 5.55. The Labute approximate surface area is 242 Å². The molecule has 9 heteroatoms. The molecule has 42 heavy (non-hydrogen) atoms. The van der Waals surface area contributed by atoms with Crippen LogP contribution >= 0.6 is 0 Å². The van der Waals surface area contributed by atoms with Gasteiger partial charge in [0.2, 0.25) is 0 Å². The minimum Gasteiger partial charge on any atom is -0.337 e. The van der Waals surface area contributed by atoms with E-state index in [9.17, 15) is 14.0 Å². The van der Waals surface area contributed by atoms with Crippen LogP contribution in [0.5, 0.6) is 0 Å². The van der Waals surface area contributed by atoms with Crippen LogP contribution in [0.15, 0.2) is 82.1 Å². The number of carbonyl (C=O) groups excluding carboxylic acids is 1. The Hall–Kier alpha value is -4.79. The Morgan fingerprint density at radius 3 is 2.31 bits per heavy atom. The molecule has 5 aromatic rings. The Morgan fingerprint density at radius 1 is 0.952 bits per heavy atom. The number of amides is 1. The van der Waals surface area contributed by atoms with Gasteiger partial charge in [-0.2, -0.15) is 0 Å². The molecule has 0 spiro atoms. The SMILES string of the molecule is CCCCc1nc(-c2ccc(F)cc2)c(C(=O)N2CCCC2)n1Cc1ccc(-c2ccccc2-c2noc(=O)[nH]2)cc1. The number of rotatable bonds is 9. The average Bonchev–Trinajstić information content (AvgIpc) is 3.78. The Kier molecular flexibility index (Phi) is 7.81. The predicted molar refractivity (Wildman–Crippen MR) is 158 cm³/mol. The summed E-state index contributed by atoms with van der Waals surface area (Å²) in [6, 6.07) is 22.0. The highest BCUT2D eigenvalue weighted by Crippen LogP contribution is 2.32. The summed E-state index contributed by atoms with van der Waals surface area (Å²) in [6.45, 7) is 4.06. The summed E-state index contributed by atoms with van der Waals surface area (Å²) < 4.78 is 20.6. The van der Waals surface area contributed by atoms with Crippen LogP contribution in [0.1, 0.15) is 54.5 Å². The minimum atomic E-state index is -0.603. The number of H-pyrrole nitrogens is 1. The van der Waals surface area contributed by atoms with E-state index in [2.05, 4.69) is 21.6 Å². The number of likely N-dealkylation sites (tertiary alicyclic amines) is 1. The molecule has 8 nitrogen and oxygen atoms in total. The number of imidazole rings is 1. The summed E-state index contributed by atoms with van der Waals surface area (Å²) in [7, 11) is 0. The third-order valence-electron chi connectivity index (χ3n) is 7.74. The van der Waals surface area contributed by atoms with Gasteiger partial charge in [-0.15, -0.1) is 0 Å². The molecular formula is C33H32FN5O3. The van der Waals surface area contributed by atoms with Crippen LogP contribution in [0.4, 0.5) is 4.39 Å². The molecule has 1 aliphatic rings. The first-order chi connectivity index (χ1) is 20.5. The van der Waals surface area contributed by atoms with E-state index in [4.69, 9.17) is 9.51 Å². The zero-order valence-electron chi connectivity index (χ0n) is 23.5. The smallest absolute Gasteiger partial charge is 0.337 e. The second-order valence-electron chi connectivity index (χ2n) is 10.6. The van der Waals surface area contributed by atoms with Crippen molar-refractivity contribution in [3.8, 4) is 33.8 Å². The lowest BCUT2D eigenvalue weighted by atomic mass is 9.98. The van der Waals surface area contributed by atoms with Crippen molar-refractivity contribution in [1.82, 2.24) is 24.6 Å². The van der Waals surface area contributed by atoms with E-state index >= 15 is 0 Å². The molecule has 3 aromatic carbocycles. The maximum atomic E-state index is 14.0. The van der Waals surface area contributed by atoms with Crippen molar-refractivity contribution in [1.29, 1.82) is 0 Å². The van der Waals surface area contributed by atoms with Crippen molar-refractivity contribution in [3.63, 3.8) is 0 Å². The van der Waals surface area contributed by atoms with Crippen LogP contribution in [-0.2, 0) is 13.0 Å². The summed E-state index contributed by atoms with van der Waals surface area (Å²) in [5.41, 5.74) is 5.52. The average molecular weight is 566 g/mol. The Morgan fingerprint density at radius 2 is 1.64 bits per heavy atom. The quantitative estimate of drug-likeness (QED) is 0.225. The second-order valence-corrected chi connectivity index (χ2v) is 10.6. The third-order valence-corrected chi connectivity index (χ3v) is 7.74. The van der Waals surface area contributed by atoms with Crippen LogP contribution in [0.3, 0.4) is 0 Å². The summed E-state index contributed by atoms with van der Waals surface area (Å²) in [6.07, 6.45) is 4.65. The number of aryl methyl sites for hydroxylation is 1. The first kappa shape index (κ1) is 27.4. The Balaban J connectivity index is 1.39. The molecule has 1 N–H and O–H groups in total. The Bertz CT molecular complexity index is 1750. The van der Waals surface area contributed by atoms with E-state index in [1.54, 1.807) is 12.1 Å².